The SMILES string of the molecule is CN(C)S(=O)(=O)c1ccc(N2CCCCC2)c(C(=O)NC[C@H](c2ccco2)N2CCCC2)c1. The zero-order valence-electron chi connectivity index (χ0n) is 19.5. The van der Waals surface area contributed by atoms with Crippen molar-refractivity contribution in [1.29, 1.82) is 0 Å². The van der Waals surface area contributed by atoms with Gasteiger partial charge in [-0.15, -0.1) is 0 Å². The third-order valence-corrected chi connectivity index (χ3v) is 8.41. The molecule has 4 rings (SSSR count). The number of benzene rings is 1. The monoisotopic (exact) mass is 474 g/mol. The van der Waals surface area contributed by atoms with Gasteiger partial charge in [-0.1, -0.05) is 0 Å². The van der Waals surface area contributed by atoms with E-state index in [2.05, 4.69) is 15.1 Å². The van der Waals surface area contributed by atoms with Gasteiger partial charge in [0.1, 0.15) is 5.76 Å². The first-order valence-corrected chi connectivity index (χ1v) is 13.2. The molecule has 180 valence electrons. The van der Waals surface area contributed by atoms with Gasteiger partial charge in [-0.25, -0.2) is 12.7 Å². The summed E-state index contributed by atoms with van der Waals surface area (Å²) in [7, 11) is -0.653. The number of hydrogen-bond acceptors (Lipinski definition) is 6. The molecule has 3 heterocycles. The number of hydrogen-bond donors (Lipinski definition) is 1. The van der Waals surface area contributed by atoms with Gasteiger partial charge in [-0.05, 0) is 75.5 Å². The molecule has 0 unspecified atom stereocenters. The lowest BCUT2D eigenvalue weighted by atomic mass is 10.1. The van der Waals surface area contributed by atoms with Crippen molar-refractivity contribution in [1.82, 2.24) is 14.5 Å². The smallest absolute Gasteiger partial charge is 0.253 e. The Bertz CT molecular complexity index is 1040. The van der Waals surface area contributed by atoms with E-state index in [1.807, 2.05) is 12.1 Å². The number of furan rings is 1. The summed E-state index contributed by atoms with van der Waals surface area (Å²) >= 11 is 0. The Morgan fingerprint density at radius 2 is 1.76 bits per heavy atom. The van der Waals surface area contributed by atoms with Crippen LogP contribution in [0.2, 0.25) is 0 Å². The van der Waals surface area contributed by atoms with Crippen LogP contribution in [0.4, 0.5) is 5.69 Å². The highest BCUT2D eigenvalue weighted by Gasteiger charge is 2.28. The van der Waals surface area contributed by atoms with Crippen LogP contribution in [0.3, 0.4) is 0 Å². The lowest BCUT2D eigenvalue weighted by Gasteiger charge is -2.31. The molecule has 0 aliphatic carbocycles. The Kier molecular flexibility index (Phi) is 7.41. The summed E-state index contributed by atoms with van der Waals surface area (Å²) < 4.78 is 32.3. The Morgan fingerprint density at radius 1 is 1.06 bits per heavy atom. The van der Waals surface area contributed by atoms with Crippen molar-refractivity contribution in [2.45, 2.75) is 43.0 Å². The van der Waals surface area contributed by atoms with E-state index in [1.54, 1.807) is 18.4 Å². The second-order valence-corrected chi connectivity index (χ2v) is 11.2. The fourth-order valence-corrected chi connectivity index (χ4v) is 5.64. The zero-order chi connectivity index (χ0) is 23.4. The summed E-state index contributed by atoms with van der Waals surface area (Å²) in [4.78, 5) is 18.1. The maximum Gasteiger partial charge on any atom is 0.253 e. The molecule has 0 saturated carbocycles. The molecule has 1 amide bonds. The predicted molar refractivity (Wildman–Crippen MR) is 128 cm³/mol. The van der Waals surface area contributed by atoms with Crippen molar-refractivity contribution in [3.05, 3.63) is 47.9 Å². The predicted octanol–water partition coefficient (Wildman–Crippen LogP) is 3.09. The van der Waals surface area contributed by atoms with E-state index in [0.717, 1.165) is 63.3 Å². The molecular weight excluding hydrogens is 440 g/mol. The number of likely N-dealkylation sites (tertiary alicyclic amines) is 1. The first kappa shape index (κ1) is 23.8. The van der Waals surface area contributed by atoms with Gasteiger partial charge in [0.15, 0.2) is 0 Å². The van der Waals surface area contributed by atoms with Gasteiger partial charge in [0, 0.05) is 39.4 Å². The summed E-state index contributed by atoms with van der Waals surface area (Å²) in [5, 5.41) is 3.08. The molecule has 1 aromatic heterocycles. The van der Waals surface area contributed by atoms with Crippen molar-refractivity contribution in [3.8, 4) is 0 Å². The van der Waals surface area contributed by atoms with E-state index < -0.39 is 10.0 Å². The summed E-state index contributed by atoms with van der Waals surface area (Å²) in [6.07, 6.45) is 7.22. The van der Waals surface area contributed by atoms with Crippen molar-refractivity contribution in [3.63, 3.8) is 0 Å². The first-order valence-electron chi connectivity index (χ1n) is 11.7. The summed E-state index contributed by atoms with van der Waals surface area (Å²) in [6.45, 7) is 4.07. The standard InChI is InChI=1S/C24H34N4O4S/c1-26(2)33(30,31)19-10-11-21(27-12-4-3-5-13-27)20(17-19)24(29)25-18-22(23-9-8-16-32-23)28-14-6-7-15-28/h8-11,16-17,22H,3-7,12-15,18H2,1-2H3,(H,25,29)/t22-/m1/s1. The topological polar surface area (TPSA) is 86.1 Å². The van der Waals surface area contributed by atoms with E-state index in [1.165, 1.54) is 30.9 Å². The van der Waals surface area contributed by atoms with Crippen LogP contribution in [0.5, 0.6) is 0 Å². The summed E-state index contributed by atoms with van der Waals surface area (Å²) in [5.74, 6) is 0.569. The molecule has 8 nitrogen and oxygen atoms in total. The highest BCUT2D eigenvalue weighted by molar-refractivity contribution is 7.89. The normalized spacial score (nSPS) is 18.6. The molecule has 1 aromatic carbocycles. The minimum Gasteiger partial charge on any atom is -0.468 e. The number of nitrogens with one attached hydrogen (secondary N) is 1. The maximum absolute atomic E-state index is 13.5. The third-order valence-electron chi connectivity index (χ3n) is 6.60. The Hall–Kier alpha value is -2.36. The molecular formula is C24H34N4O4S. The Balaban J connectivity index is 1.61. The van der Waals surface area contributed by atoms with Crippen LogP contribution in [0.25, 0.3) is 0 Å². The molecule has 1 atom stereocenters. The highest BCUT2D eigenvalue weighted by Crippen LogP contribution is 2.29. The lowest BCUT2D eigenvalue weighted by Crippen LogP contribution is -2.38. The van der Waals surface area contributed by atoms with Crippen LogP contribution in [0, 0.1) is 0 Å². The summed E-state index contributed by atoms with van der Waals surface area (Å²) in [6, 6.07) is 8.67. The van der Waals surface area contributed by atoms with Crippen LogP contribution in [0.1, 0.15) is 54.3 Å². The van der Waals surface area contributed by atoms with Crippen molar-refractivity contribution >= 4 is 21.6 Å². The lowest BCUT2D eigenvalue weighted by molar-refractivity contribution is 0.0934. The number of carbonyl (C=O) groups is 1. The number of rotatable bonds is 8. The summed E-state index contributed by atoms with van der Waals surface area (Å²) in [5.41, 5.74) is 1.19. The van der Waals surface area contributed by atoms with Crippen LogP contribution in [-0.4, -0.2) is 70.3 Å². The zero-order valence-corrected chi connectivity index (χ0v) is 20.3. The number of carbonyl (C=O) groups excluding carboxylic acids is 1. The van der Waals surface area contributed by atoms with Crippen LogP contribution in [0.15, 0.2) is 45.9 Å². The van der Waals surface area contributed by atoms with Gasteiger partial charge in [-0.3, -0.25) is 9.69 Å². The fraction of sp³-hybridized carbons (Fsp3) is 0.542. The first-order chi connectivity index (χ1) is 15.9. The number of nitrogens with zero attached hydrogens (tertiary/aromatic N) is 3. The average Bonchev–Trinajstić information content (AvgIpc) is 3.54. The molecule has 0 bridgehead atoms. The van der Waals surface area contributed by atoms with Gasteiger partial charge in [0.2, 0.25) is 10.0 Å². The largest absolute Gasteiger partial charge is 0.468 e. The number of amides is 1. The molecule has 2 saturated heterocycles. The average molecular weight is 475 g/mol. The minimum absolute atomic E-state index is 0.0430. The minimum atomic E-state index is -3.65. The fourth-order valence-electron chi connectivity index (χ4n) is 4.71. The van der Waals surface area contributed by atoms with Gasteiger partial charge in [-0.2, -0.15) is 0 Å². The van der Waals surface area contributed by atoms with Gasteiger partial charge < -0.3 is 14.6 Å². The van der Waals surface area contributed by atoms with Crippen molar-refractivity contribution in [2.75, 3.05) is 51.7 Å². The van der Waals surface area contributed by atoms with Crippen LogP contribution in [-0.2, 0) is 10.0 Å². The second kappa shape index (κ2) is 10.3. The molecule has 33 heavy (non-hydrogen) atoms. The highest BCUT2D eigenvalue weighted by atomic mass is 32.2. The van der Waals surface area contributed by atoms with Gasteiger partial charge in [0.25, 0.3) is 5.91 Å². The third kappa shape index (κ3) is 5.26. The van der Waals surface area contributed by atoms with E-state index in [0.29, 0.717) is 12.1 Å². The van der Waals surface area contributed by atoms with E-state index in [4.69, 9.17) is 4.42 Å². The van der Waals surface area contributed by atoms with E-state index >= 15 is 0 Å². The van der Waals surface area contributed by atoms with Crippen LogP contribution >= 0.6 is 0 Å². The van der Waals surface area contributed by atoms with Crippen molar-refractivity contribution in [2.24, 2.45) is 0 Å². The molecule has 9 heteroatoms. The van der Waals surface area contributed by atoms with E-state index in [9.17, 15) is 13.2 Å². The van der Waals surface area contributed by atoms with Gasteiger partial charge >= 0.3 is 0 Å². The Morgan fingerprint density at radius 3 is 2.39 bits per heavy atom. The quantitative estimate of drug-likeness (QED) is 0.633. The molecule has 1 N–H and O–H groups in total. The maximum atomic E-state index is 13.5. The Labute approximate surface area is 196 Å². The van der Waals surface area contributed by atoms with Crippen LogP contribution < -0.4 is 10.2 Å². The number of piperidine rings is 1. The molecule has 2 aromatic rings. The van der Waals surface area contributed by atoms with Crippen molar-refractivity contribution < 1.29 is 17.6 Å². The molecule has 2 aliphatic heterocycles. The molecule has 2 aliphatic rings. The molecule has 2 fully saturated rings. The molecule has 0 spiro atoms. The van der Waals surface area contributed by atoms with Gasteiger partial charge in [0.05, 0.1) is 22.8 Å². The number of anilines is 1. The van der Waals surface area contributed by atoms with E-state index in [-0.39, 0.29) is 16.8 Å². The molecule has 0 radical (unpaired) electrons. The number of sulfonamides is 1. The second-order valence-electron chi connectivity index (χ2n) is 9.00.